The van der Waals surface area contributed by atoms with Gasteiger partial charge in [-0.05, 0) is 81.0 Å². The summed E-state index contributed by atoms with van der Waals surface area (Å²) in [4.78, 5) is 0. The van der Waals surface area contributed by atoms with Crippen molar-refractivity contribution in [1.82, 2.24) is 0 Å². The summed E-state index contributed by atoms with van der Waals surface area (Å²) >= 11 is 0. The Hall–Kier alpha value is -0.510. The Bertz CT molecular complexity index is 521. The third-order valence-electron chi connectivity index (χ3n) is 10.3. The molecule has 3 fully saturated rings. The van der Waals surface area contributed by atoms with Gasteiger partial charge in [-0.25, -0.2) is 0 Å². The van der Waals surface area contributed by atoms with Crippen LogP contribution in [0.15, 0.2) is 0 Å². The van der Waals surface area contributed by atoms with Crippen LogP contribution in [0.1, 0.15) is 155 Å². The molecule has 0 amide bonds. The van der Waals surface area contributed by atoms with Crippen molar-refractivity contribution in [2.45, 2.75) is 155 Å². The molecule has 0 spiro atoms. The van der Waals surface area contributed by atoms with Gasteiger partial charge in [-0.15, -0.1) is 0 Å². The van der Waals surface area contributed by atoms with Crippen LogP contribution in [-0.4, -0.2) is 0 Å². The maximum atomic E-state index is 10.3. The van der Waals surface area contributed by atoms with Crippen molar-refractivity contribution in [3.8, 4) is 6.07 Å². The molecule has 0 heterocycles. The molecule has 184 valence electrons. The van der Waals surface area contributed by atoms with E-state index in [1.54, 1.807) is 0 Å². The molecule has 0 aliphatic heterocycles. The van der Waals surface area contributed by atoms with Gasteiger partial charge in [0.25, 0.3) is 0 Å². The highest BCUT2D eigenvalue weighted by Gasteiger charge is 2.44. The Morgan fingerprint density at radius 2 is 1.06 bits per heavy atom. The van der Waals surface area contributed by atoms with Crippen LogP contribution >= 0.6 is 0 Å². The van der Waals surface area contributed by atoms with Crippen LogP contribution in [0.4, 0.5) is 0 Å². The number of nitrogens with zero attached hydrogens (tertiary/aromatic N) is 1. The lowest BCUT2D eigenvalue weighted by Gasteiger charge is -2.46. The zero-order valence-corrected chi connectivity index (χ0v) is 21.9. The zero-order chi connectivity index (χ0) is 22.7. The van der Waals surface area contributed by atoms with Crippen molar-refractivity contribution in [2.75, 3.05) is 0 Å². The second-order valence-electron chi connectivity index (χ2n) is 12.3. The molecule has 0 bridgehead atoms. The lowest BCUT2D eigenvalue weighted by atomic mass is 9.57. The van der Waals surface area contributed by atoms with Crippen LogP contribution in [0.2, 0.25) is 0 Å². The molecule has 0 aromatic carbocycles. The minimum Gasteiger partial charge on any atom is -0.198 e. The number of nitriles is 1. The lowest BCUT2D eigenvalue weighted by Crippen LogP contribution is -2.38. The van der Waals surface area contributed by atoms with E-state index in [9.17, 15) is 5.26 Å². The van der Waals surface area contributed by atoms with E-state index < -0.39 is 0 Å². The molecule has 1 heteroatoms. The molecule has 0 aromatic heterocycles. The van der Waals surface area contributed by atoms with Crippen molar-refractivity contribution >= 4 is 0 Å². The molecule has 0 atom stereocenters. The molecule has 0 N–H and O–H groups in total. The first kappa shape index (κ1) is 26.1. The molecule has 3 aliphatic carbocycles. The number of hydrogen-bond donors (Lipinski definition) is 0. The van der Waals surface area contributed by atoms with E-state index >= 15 is 0 Å². The standard InChI is InChI=1S/C31H55N/c1-3-5-7-9-11-26-13-17-28(18-14-26)29-21-23-31(25-32,24-22-29)30-19-15-27(16-20-30)12-10-8-6-4-2/h26-30H,3-24H2,1-2H3/t26?,27?,28?,29-,30?,31-. The fourth-order valence-corrected chi connectivity index (χ4v) is 7.91. The van der Waals surface area contributed by atoms with E-state index in [1.165, 1.54) is 141 Å². The van der Waals surface area contributed by atoms with E-state index in [-0.39, 0.29) is 5.41 Å². The molecule has 0 unspecified atom stereocenters. The monoisotopic (exact) mass is 441 g/mol. The van der Waals surface area contributed by atoms with E-state index in [0.717, 1.165) is 23.7 Å². The van der Waals surface area contributed by atoms with Gasteiger partial charge >= 0.3 is 0 Å². The van der Waals surface area contributed by atoms with Gasteiger partial charge in [-0.1, -0.05) is 104 Å². The Labute approximate surface area is 201 Å². The van der Waals surface area contributed by atoms with Crippen LogP contribution in [0.5, 0.6) is 0 Å². The highest BCUT2D eigenvalue weighted by atomic mass is 14.5. The Balaban J connectivity index is 1.36. The van der Waals surface area contributed by atoms with Gasteiger partial charge in [-0.2, -0.15) is 5.26 Å². The van der Waals surface area contributed by atoms with Crippen molar-refractivity contribution in [3.63, 3.8) is 0 Å². The molecule has 32 heavy (non-hydrogen) atoms. The molecule has 3 rings (SSSR count). The minimum absolute atomic E-state index is 0.0418. The fourth-order valence-electron chi connectivity index (χ4n) is 7.91. The van der Waals surface area contributed by atoms with Crippen molar-refractivity contribution in [1.29, 1.82) is 5.26 Å². The van der Waals surface area contributed by atoms with Gasteiger partial charge < -0.3 is 0 Å². The molecule has 0 aromatic rings. The first-order valence-corrected chi connectivity index (χ1v) is 15.1. The highest BCUT2D eigenvalue weighted by Crippen LogP contribution is 2.52. The lowest BCUT2D eigenvalue weighted by molar-refractivity contribution is 0.0601. The van der Waals surface area contributed by atoms with Gasteiger partial charge in [0, 0.05) is 0 Å². The van der Waals surface area contributed by atoms with Crippen LogP contribution in [0.3, 0.4) is 0 Å². The summed E-state index contributed by atoms with van der Waals surface area (Å²) in [5.74, 6) is 4.62. The summed E-state index contributed by atoms with van der Waals surface area (Å²) in [7, 11) is 0. The van der Waals surface area contributed by atoms with E-state index in [4.69, 9.17) is 0 Å². The third kappa shape index (κ3) is 7.50. The maximum absolute atomic E-state index is 10.3. The predicted molar refractivity (Wildman–Crippen MR) is 138 cm³/mol. The Morgan fingerprint density at radius 3 is 1.53 bits per heavy atom. The Morgan fingerprint density at radius 1 is 0.594 bits per heavy atom. The van der Waals surface area contributed by atoms with Gasteiger partial charge in [0.1, 0.15) is 0 Å². The van der Waals surface area contributed by atoms with E-state index in [2.05, 4.69) is 19.9 Å². The predicted octanol–water partition coefficient (Wildman–Crippen LogP) is 10.2. The van der Waals surface area contributed by atoms with Crippen molar-refractivity contribution < 1.29 is 0 Å². The molecular formula is C31H55N. The summed E-state index contributed by atoms with van der Waals surface area (Å²) in [6, 6.07) is 2.93. The average Bonchev–Trinajstić information content (AvgIpc) is 2.85. The second kappa shape index (κ2) is 14.0. The number of rotatable bonds is 12. The van der Waals surface area contributed by atoms with Crippen molar-refractivity contribution in [2.24, 2.45) is 35.0 Å². The van der Waals surface area contributed by atoms with E-state index in [1.807, 2.05) is 0 Å². The quantitative estimate of drug-likeness (QED) is 0.276. The summed E-state index contributed by atoms with van der Waals surface area (Å²) in [5, 5.41) is 10.3. The van der Waals surface area contributed by atoms with Gasteiger partial charge in [0.15, 0.2) is 0 Å². The SMILES string of the molecule is CCCCCCC1CCC([C@H]2CC[C@](C#N)(C3CCC(CCCCCC)CC3)CC2)CC1. The van der Waals surface area contributed by atoms with Crippen LogP contribution in [0, 0.1) is 46.3 Å². The van der Waals surface area contributed by atoms with Crippen LogP contribution in [0.25, 0.3) is 0 Å². The normalized spacial score (nSPS) is 36.0. The van der Waals surface area contributed by atoms with Crippen molar-refractivity contribution in [3.05, 3.63) is 0 Å². The number of hydrogen-bond acceptors (Lipinski definition) is 1. The van der Waals surface area contributed by atoms with Crippen LogP contribution < -0.4 is 0 Å². The molecular weight excluding hydrogens is 386 g/mol. The van der Waals surface area contributed by atoms with Gasteiger partial charge in [-0.3, -0.25) is 0 Å². The van der Waals surface area contributed by atoms with E-state index in [0.29, 0.717) is 5.92 Å². The summed E-state index contributed by atoms with van der Waals surface area (Å²) < 4.78 is 0. The fraction of sp³-hybridized carbons (Fsp3) is 0.968. The molecule has 0 radical (unpaired) electrons. The summed E-state index contributed by atoms with van der Waals surface area (Å²) in [5.41, 5.74) is 0.0418. The molecule has 0 saturated heterocycles. The largest absolute Gasteiger partial charge is 0.198 e. The topological polar surface area (TPSA) is 23.8 Å². The second-order valence-corrected chi connectivity index (χ2v) is 12.3. The maximum Gasteiger partial charge on any atom is 0.0692 e. The highest BCUT2D eigenvalue weighted by molar-refractivity contribution is 5.06. The Kier molecular flexibility index (Phi) is 11.4. The first-order valence-electron chi connectivity index (χ1n) is 15.1. The molecule has 3 aliphatic rings. The molecule has 1 nitrogen and oxygen atoms in total. The summed E-state index contributed by atoms with van der Waals surface area (Å²) in [6.45, 7) is 4.62. The van der Waals surface area contributed by atoms with Crippen LogP contribution in [-0.2, 0) is 0 Å². The zero-order valence-electron chi connectivity index (χ0n) is 21.9. The smallest absolute Gasteiger partial charge is 0.0692 e. The van der Waals surface area contributed by atoms with Gasteiger partial charge in [0.05, 0.1) is 11.5 Å². The third-order valence-corrected chi connectivity index (χ3v) is 10.3. The summed E-state index contributed by atoms with van der Waals surface area (Å²) in [6.07, 6.45) is 30.9. The number of unbranched alkanes of at least 4 members (excludes halogenated alkanes) is 6. The van der Waals surface area contributed by atoms with Gasteiger partial charge in [0.2, 0.25) is 0 Å². The molecule has 3 saturated carbocycles. The minimum atomic E-state index is 0.0418. The first-order chi connectivity index (χ1) is 15.7. The average molecular weight is 442 g/mol.